The first-order valence-corrected chi connectivity index (χ1v) is 7.69. The van der Waals surface area contributed by atoms with Crippen molar-refractivity contribution in [2.45, 2.75) is 13.0 Å². The van der Waals surface area contributed by atoms with Gasteiger partial charge in [-0.2, -0.15) is 0 Å². The van der Waals surface area contributed by atoms with E-state index in [4.69, 9.17) is 4.74 Å². The van der Waals surface area contributed by atoms with E-state index >= 15 is 0 Å². The Morgan fingerprint density at radius 1 is 1.24 bits per heavy atom. The van der Waals surface area contributed by atoms with Gasteiger partial charge in [-0.25, -0.2) is 9.07 Å². The summed E-state index contributed by atoms with van der Waals surface area (Å²) in [4.78, 5) is 24.4. The molecule has 4 rings (SSSR count). The molecule has 2 heterocycles. The molecule has 1 aromatic heterocycles. The maximum absolute atomic E-state index is 13.2. The number of halogens is 1. The smallest absolute Gasteiger partial charge is 0.277 e. The normalized spacial score (nSPS) is 13.2. The Morgan fingerprint density at radius 2 is 2.12 bits per heavy atom. The van der Waals surface area contributed by atoms with Crippen molar-refractivity contribution in [1.29, 1.82) is 0 Å². The van der Waals surface area contributed by atoms with Crippen molar-refractivity contribution in [3.8, 4) is 5.75 Å². The third-order valence-electron chi connectivity index (χ3n) is 4.03. The zero-order valence-electron chi connectivity index (χ0n) is 13.0. The quantitative estimate of drug-likeness (QED) is 0.776. The van der Waals surface area contributed by atoms with Crippen molar-refractivity contribution in [2.75, 3.05) is 6.73 Å². The highest BCUT2D eigenvalue weighted by Gasteiger charge is 2.20. The standard InChI is InChI=1S/C17H13FN4O3/c18-11-3-1-2-10(6-11)4-5-22-17(24)12-8-15-13(7-14(12)20-21-22)16(23)19-9-25-15/h1-3,6-8H,4-5,9H2,(H,19,23). The van der Waals surface area contributed by atoms with Crippen molar-refractivity contribution in [1.82, 2.24) is 20.3 Å². The Kier molecular flexibility index (Phi) is 3.64. The fourth-order valence-corrected chi connectivity index (χ4v) is 2.75. The molecule has 0 atom stereocenters. The molecule has 0 bridgehead atoms. The Labute approximate surface area is 141 Å². The largest absolute Gasteiger partial charge is 0.472 e. The van der Waals surface area contributed by atoms with Crippen LogP contribution in [0.15, 0.2) is 41.2 Å². The minimum atomic E-state index is -0.334. The first-order chi connectivity index (χ1) is 12.1. The van der Waals surface area contributed by atoms with Gasteiger partial charge in [0.25, 0.3) is 11.5 Å². The number of rotatable bonds is 3. The maximum atomic E-state index is 13.2. The molecular weight excluding hydrogens is 327 g/mol. The summed E-state index contributed by atoms with van der Waals surface area (Å²) in [6, 6.07) is 9.19. The van der Waals surface area contributed by atoms with E-state index in [1.54, 1.807) is 12.1 Å². The Bertz CT molecular complexity index is 1050. The van der Waals surface area contributed by atoms with Gasteiger partial charge in [0.2, 0.25) is 0 Å². The molecule has 1 N–H and O–H groups in total. The van der Waals surface area contributed by atoms with Crippen LogP contribution >= 0.6 is 0 Å². The number of carbonyl (C=O) groups is 1. The average molecular weight is 340 g/mol. The first-order valence-electron chi connectivity index (χ1n) is 7.69. The summed E-state index contributed by atoms with van der Waals surface area (Å²) in [5.74, 6) is -0.255. The van der Waals surface area contributed by atoms with Crippen LogP contribution in [0.5, 0.6) is 5.75 Å². The first kappa shape index (κ1) is 15.3. The van der Waals surface area contributed by atoms with Crippen molar-refractivity contribution in [3.63, 3.8) is 0 Å². The molecule has 1 aliphatic heterocycles. The molecule has 126 valence electrons. The predicted molar refractivity (Wildman–Crippen MR) is 86.9 cm³/mol. The molecule has 1 aliphatic rings. The van der Waals surface area contributed by atoms with Gasteiger partial charge in [0, 0.05) is 0 Å². The number of benzene rings is 2. The van der Waals surface area contributed by atoms with Crippen molar-refractivity contribution >= 4 is 16.8 Å². The fourth-order valence-electron chi connectivity index (χ4n) is 2.75. The number of carbonyl (C=O) groups excluding carboxylic acids is 1. The molecule has 0 radical (unpaired) electrons. The number of aryl methyl sites for hydroxylation is 2. The van der Waals surface area contributed by atoms with Gasteiger partial charge in [0.05, 0.1) is 17.5 Å². The molecule has 0 saturated heterocycles. The van der Waals surface area contributed by atoms with Gasteiger partial charge < -0.3 is 10.1 Å². The minimum Gasteiger partial charge on any atom is -0.472 e. The summed E-state index contributed by atoms with van der Waals surface area (Å²) >= 11 is 0. The number of ether oxygens (including phenoxy) is 1. The predicted octanol–water partition coefficient (Wildman–Crippen LogP) is 1.25. The van der Waals surface area contributed by atoms with E-state index in [-0.39, 0.29) is 30.6 Å². The second kappa shape index (κ2) is 5.97. The Hall–Kier alpha value is -3.29. The molecule has 8 heteroatoms. The maximum Gasteiger partial charge on any atom is 0.277 e. The van der Waals surface area contributed by atoms with Gasteiger partial charge in [-0.3, -0.25) is 9.59 Å². The summed E-state index contributed by atoms with van der Waals surface area (Å²) in [6.07, 6.45) is 0.446. The number of nitrogens with zero attached hydrogens (tertiary/aromatic N) is 3. The summed E-state index contributed by atoms with van der Waals surface area (Å²) < 4.78 is 19.8. The summed E-state index contributed by atoms with van der Waals surface area (Å²) in [5.41, 5.74) is 1.08. The van der Waals surface area contributed by atoms with E-state index in [0.717, 1.165) is 5.56 Å². The minimum absolute atomic E-state index is 0.0591. The zero-order chi connectivity index (χ0) is 17.4. The van der Waals surface area contributed by atoms with Crippen molar-refractivity contribution in [3.05, 3.63) is 63.7 Å². The van der Waals surface area contributed by atoms with E-state index in [0.29, 0.717) is 28.6 Å². The molecule has 2 aromatic carbocycles. The van der Waals surface area contributed by atoms with E-state index in [9.17, 15) is 14.0 Å². The van der Waals surface area contributed by atoms with E-state index < -0.39 is 0 Å². The molecule has 0 aliphatic carbocycles. The lowest BCUT2D eigenvalue weighted by Crippen LogP contribution is -2.33. The van der Waals surface area contributed by atoms with E-state index in [1.807, 2.05) is 0 Å². The lowest BCUT2D eigenvalue weighted by atomic mass is 10.1. The summed E-state index contributed by atoms with van der Waals surface area (Å²) in [5, 5.41) is 10.8. The molecule has 3 aromatic rings. The second-order valence-corrected chi connectivity index (χ2v) is 5.66. The molecule has 0 saturated carbocycles. The van der Waals surface area contributed by atoms with E-state index in [1.165, 1.54) is 28.9 Å². The lowest BCUT2D eigenvalue weighted by Gasteiger charge is -2.17. The molecular formula is C17H13FN4O3. The number of amides is 1. The molecule has 7 nitrogen and oxygen atoms in total. The Balaban J connectivity index is 1.69. The van der Waals surface area contributed by atoms with Crippen LogP contribution < -0.4 is 15.6 Å². The highest BCUT2D eigenvalue weighted by atomic mass is 19.1. The van der Waals surface area contributed by atoms with Crippen molar-refractivity contribution in [2.24, 2.45) is 0 Å². The number of hydrogen-bond acceptors (Lipinski definition) is 5. The monoisotopic (exact) mass is 340 g/mol. The molecule has 0 spiro atoms. The fraction of sp³-hybridized carbons (Fsp3) is 0.176. The van der Waals surface area contributed by atoms with Crippen LogP contribution in [0.2, 0.25) is 0 Å². The second-order valence-electron chi connectivity index (χ2n) is 5.66. The topological polar surface area (TPSA) is 86.1 Å². The lowest BCUT2D eigenvalue weighted by molar-refractivity contribution is 0.0883. The van der Waals surface area contributed by atoms with Gasteiger partial charge in [-0.05, 0) is 36.2 Å². The number of aromatic nitrogens is 3. The van der Waals surface area contributed by atoms with E-state index in [2.05, 4.69) is 15.6 Å². The number of nitrogens with one attached hydrogen (secondary N) is 1. The highest BCUT2D eigenvalue weighted by Crippen LogP contribution is 2.25. The highest BCUT2D eigenvalue weighted by molar-refractivity contribution is 6.01. The van der Waals surface area contributed by atoms with Crippen LogP contribution in [0.25, 0.3) is 10.9 Å². The van der Waals surface area contributed by atoms with Crippen LogP contribution in [0.3, 0.4) is 0 Å². The van der Waals surface area contributed by atoms with Gasteiger partial charge >= 0.3 is 0 Å². The number of hydrogen-bond donors (Lipinski definition) is 1. The average Bonchev–Trinajstić information content (AvgIpc) is 2.61. The Morgan fingerprint density at radius 3 is 2.96 bits per heavy atom. The zero-order valence-corrected chi connectivity index (χ0v) is 13.0. The molecule has 25 heavy (non-hydrogen) atoms. The van der Waals surface area contributed by atoms with Crippen LogP contribution in [-0.4, -0.2) is 27.6 Å². The van der Waals surface area contributed by atoms with Gasteiger partial charge in [-0.1, -0.05) is 17.3 Å². The third kappa shape index (κ3) is 2.82. The van der Waals surface area contributed by atoms with Gasteiger partial charge in [-0.15, -0.1) is 5.10 Å². The van der Waals surface area contributed by atoms with Crippen LogP contribution in [0.1, 0.15) is 15.9 Å². The summed E-state index contributed by atoms with van der Waals surface area (Å²) in [6.45, 7) is 0.327. The molecule has 0 unspecified atom stereocenters. The molecule has 0 fully saturated rings. The summed E-state index contributed by atoms with van der Waals surface area (Å²) in [7, 11) is 0. The van der Waals surface area contributed by atoms with Gasteiger partial charge in [0.15, 0.2) is 6.73 Å². The van der Waals surface area contributed by atoms with Gasteiger partial charge in [0.1, 0.15) is 17.1 Å². The SMILES string of the molecule is O=C1NCOc2cc3c(=O)n(CCc4cccc(F)c4)nnc3cc21. The van der Waals surface area contributed by atoms with Crippen molar-refractivity contribution < 1.29 is 13.9 Å². The molecule has 1 amide bonds. The third-order valence-corrected chi connectivity index (χ3v) is 4.03. The van der Waals surface area contributed by atoms with Crippen LogP contribution in [0, 0.1) is 5.82 Å². The van der Waals surface area contributed by atoms with Crippen LogP contribution in [-0.2, 0) is 13.0 Å². The number of fused-ring (bicyclic) bond motifs is 2. The van der Waals surface area contributed by atoms with Crippen LogP contribution in [0.4, 0.5) is 4.39 Å².